The third-order valence-electron chi connectivity index (χ3n) is 1.13. The summed E-state index contributed by atoms with van der Waals surface area (Å²) in [5, 5.41) is 4.80. The van der Waals surface area contributed by atoms with Crippen molar-refractivity contribution in [2.45, 2.75) is 12.7 Å². The molecule has 6 heteroatoms. The highest BCUT2D eigenvalue weighted by atomic mass is 32.2. The molecule has 0 bridgehead atoms. The van der Waals surface area contributed by atoms with Crippen molar-refractivity contribution in [3.8, 4) is 0 Å². The van der Waals surface area contributed by atoms with Gasteiger partial charge in [0.1, 0.15) is 10.7 Å². The van der Waals surface area contributed by atoms with Crippen LogP contribution < -0.4 is 11.3 Å². The Morgan fingerprint density at radius 1 is 1.73 bits per heavy atom. The van der Waals surface area contributed by atoms with Crippen LogP contribution in [0.15, 0.2) is 0 Å². The summed E-state index contributed by atoms with van der Waals surface area (Å²) < 4.78 is 3.78. The SMILES string of the molecule is CCSCc1nnsc1NN. The number of nitrogens with one attached hydrogen (secondary N) is 1. The molecule has 0 amide bonds. The van der Waals surface area contributed by atoms with Crippen molar-refractivity contribution in [3.63, 3.8) is 0 Å². The number of nitrogen functional groups attached to an aromatic ring is 1. The van der Waals surface area contributed by atoms with Gasteiger partial charge in [-0.05, 0) is 5.75 Å². The van der Waals surface area contributed by atoms with Crippen molar-refractivity contribution in [2.24, 2.45) is 5.84 Å². The number of hydrogen-bond acceptors (Lipinski definition) is 6. The van der Waals surface area contributed by atoms with Gasteiger partial charge in [-0.2, -0.15) is 11.8 Å². The van der Waals surface area contributed by atoms with Crippen LogP contribution >= 0.6 is 23.3 Å². The van der Waals surface area contributed by atoms with Crippen molar-refractivity contribution >= 4 is 28.3 Å². The lowest BCUT2D eigenvalue weighted by Crippen LogP contribution is -2.06. The number of anilines is 1. The van der Waals surface area contributed by atoms with E-state index in [9.17, 15) is 0 Å². The molecule has 4 nitrogen and oxygen atoms in total. The second-order valence-corrected chi connectivity index (χ2v) is 3.86. The molecule has 0 unspecified atom stereocenters. The lowest BCUT2D eigenvalue weighted by atomic mass is 10.5. The molecule has 0 spiro atoms. The van der Waals surface area contributed by atoms with E-state index in [1.165, 1.54) is 11.5 Å². The quantitative estimate of drug-likeness (QED) is 0.549. The van der Waals surface area contributed by atoms with Crippen molar-refractivity contribution in [1.82, 2.24) is 9.59 Å². The van der Waals surface area contributed by atoms with E-state index in [2.05, 4.69) is 21.9 Å². The van der Waals surface area contributed by atoms with Crippen LogP contribution in [-0.4, -0.2) is 15.3 Å². The van der Waals surface area contributed by atoms with Crippen LogP contribution in [0.2, 0.25) is 0 Å². The van der Waals surface area contributed by atoms with E-state index in [4.69, 9.17) is 5.84 Å². The van der Waals surface area contributed by atoms with Crippen molar-refractivity contribution in [3.05, 3.63) is 5.69 Å². The van der Waals surface area contributed by atoms with Crippen LogP contribution in [0.3, 0.4) is 0 Å². The smallest absolute Gasteiger partial charge is 0.148 e. The lowest BCUT2D eigenvalue weighted by Gasteiger charge is -1.96. The van der Waals surface area contributed by atoms with E-state index < -0.39 is 0 Å². The largest absolute Gasteiger partial charge is 0.313 e. The number of thioether (sulfide) groups is 1. The van der Waals surface area contributed by atoms with Crippen LogP contribution in [0.25, 0.3) is 0 Å². The summed E-state index contributed by atoms with van der Waals surface area (Å²) in [6.45, 7) is 2.11. The van der Waals surface area contributed by atoms with E-state index in [1.54, 1.807) is 11.8 Å². The third kappa shape index (κ3) is 2.32. The number of hydrogen-bond donors (Lipinski definition) is 2. The predicted octanol–water partition coefficient (Wildman–Crippen LogP) is 1.08. The molecule has 0 atom stereocenters. The molecular weight excluding hydrogens is 180 g/mol. The molecule has 1 rings (SSSR count). The van der Waals surface area contributed by atoms with Gasteiger partial charge in [0.2, 0.25) is 0 Å². The fraction of sp³-hybridized carbons (Fsp3) is 0.600. The Balaban J connectivity index is 2.54. The first-order chi connectivity index (χ1) is 5.38. The number of nitrogens with two attached hydrogens (primary N) is 1. The first-order valence-electron chi connectivity index (χ1n) is 3.24. The third-order valence-corrected chi connectivity index (χ3v) is 2.71. The normalized spacial score (nSPS) is 10.0. The number of hydrazine groups is 1. The van der Waals surface area contributed by atoms with Gasteiger partial charge in [-0.1, -0.05) is 11.4 Å². The number of aromatic nitrogens is 2. The molecule has 62 valence electrons. The summed E-state index contributed by atoms with van der Waals surface area (Å²) in [5.41, 5.74) is 3.51. The molecule has 0 radical (unpaired) electrons. The van der Waals surface area contributed by atoms with Crippen LogP contribution in [-0.2, 0) is 5.75 Å². The Morgan fingerprint density at radius 2 is 2.55 bits per heavy atom. The van der Waals surface area contributed by atoms with Gasteiger partial charge in [-0.3, -0.25) is 0 Å². The molecule has 0 saturated carbocycles. The van der Waals surface area contributed by atoms with E-state index in [0.29, 0.717) is 0 Å². The van der Waals surface area contributed by atoms with Gasteiger partial charge in [-0.15, -0.1) is 5.10 Å². The summed E-state index contributed by atoms with van der Waals surface area (Å²) >= 11 is 3.09. The maximum Gasteiger partial charge on any atom is 0.148 e. The second-order valence-electron chi connectivity index (χ2n) is 1.83. The van der Waals surface area contributed by atoms with Crippen molar-refractivity contribution in [1.29, 1.82) is 0 Å². The van der Waals surface area contributed by atoms with Crippen molar-refractivity contribution in [2.75, 3.05) is 11.2 Å². The Bertz CT molecular complexity index is 212. The van der Waals surface area contributed by atoms with E-state index in [-0.39, 0.29) is 0 Å². The van der Waals surface area contributed by atoms with Gasteiger partial charge in [0.05, 0.1) is 0 Å². The molecule has 0 aliphatic heterocycles. The lowest BCUT2D eigenvalue weighted by molar-refractivity contribution is 1.07. The fourth-order valence-corrected chi connectivity index (χ4v) is 1.79. The summed E-state index contributed by atoms with van der Waals surface area (Å²) in [4.78, 5) is 0. The molecule has 0 aromatic carbocycles. The highest BCUT2D eigenvalue weighted by Crippen LogP contribution is 2.20. The zero-order valence-corrected chi connectivity index (χ0v) is 7.84. The minimum Gasteiger partial charge on any atom is -0.313 e. The topological polar surface area (TPSA) is 63.8 Å². The fourth-order valence-electron chi connectivity index (χ4n) is 0.611. The predicted molar refractivity (Wildman–Crippen MR) is 49.6 cm³/mol. The second kappa shape index (κ2) is 4.53. The van der Waals surface area contributed by atoms with Gasteiger partial charge in [0.15, 0.2) is 0 Å². The van der Waals surface area contributed by atoms with Crippen LogP contribution in [0.4, 0.5) is 5.00 Å². The molecule has 1 heterocycles. The summed E-state index contributed by atoms with van der Waals surface area (Å²) in [6, 6.07) is 0. The average Bonchev–Trinajstić information content (AvgIpc) is 2.47. The number of rotatable bonds is 4. The summed E-state index contributed by atoms with van der Waals surface area (Å²) in [6.07, 6.45) is 0. The maximum absolute atomic E-state index is 5.24. The Morgan fingerprint density at radius 3 is 3.18 bits per heavy atom. The zero-order valence-electron chi connectivity index (χ0n) is 6.20. The molecule has 11 heavy (non-hydrogen) atoms. The minimum absolute atomic E-state index is 0.867. The van der Waals surface area contributed by atoms with Crippen LogP contribution in [0.1, 0.15) is 12.6 Å². The standard InChI is InChI=1S/C5H10N4S2/c1-2-10-3-4-5(7-6)11-9-8-4/h7H,2-3,6H2,1H3. The molecule has 3 N–H and O–H groups in total. The molecule has 1 aromatic heterocycles. The molecule has 0 aliphatic rings. The average molecular weight is 190 g/mol. The first kappa shape index (κ1) is 8.76. The van der Waals surface area contributed by atoms with Gasteiger partial charge in [0.25, 0.3) is 0 Å². The maximum atomic E-state index is 5.24. The molecule has 1 aromatic rings. The Labute approximate surface area is 73.7 Å². The summed E-state index contributed by atoms with van der Waals surface area (Å²) in [5.74, 6) is 7.20. The Kier molecular flexibility index (Phi) is 3.61. The highest BCUT2D eigenvalue weighted by molar-refractivity contribution is 7.98. The van der Waals surface area contributed by atoms with Gasteiger partial charge >= 0.3 is 0 Å². The minimum atomic E-state index is 0.867. The molecule has 0 saturated heterocycles. The Hall–Kier alpha value is -0.330. The summed E-state index contributed by atoms with van der Waals surface area (Å²) in [7, 11) is 0. The zero-order chi connectivity index (χ0) is 8.10. The first-order valence-corrected chi connectivity index (χ1v) is 5.17. The van der Waals surface area contributed by atoms with Gasteiger partial charge in [0, 0.05) is 17.3 Å². The monoisotopic (exact) mass is 190 g/mol. The van der Waals surface area contributed by atoms with Crippen molar-refractivity contribution < 1.29 is 0 Å². The molecule has 0 fully saturated rings. The van der Waals surface area contributed by atoms with Gasteiger partial charge in [-0.25, -0.2) is 5.84 Å². The van der Waals surface area contributed by atoms with Crippen LogP contribution in [0.5, 0.6) is 0 Å². The highest BCUT2D eigenvalue weighted by Gasteiger charge is 2.04. The van der Waals surface area contributed by atoms with E-state index in [0.717, 1.165) is 22.2 Å². The van der Waals surface area contributed by atoms with E-state index in [1.807, 2.05) is 0 Å². The molecule has 0 aliphatic carbocycles. The number of nitrogens with zero attached hydrogens (tertiary/aromatic N) is 2. The molecular formula is C5H10N4S2. The van der Waals surface area contributed by atoms with Gasteiger partial charge < -0.3 is 5.43 Å². The van der Waals surface area contributed by atoms with Crippen LogP contribution in [0, 0.1) is 0 Å². The van der Waals surface area contributed by atoms with E-state index >= 15 is 0 Å².